The molecule has 0 spiro atoms. The van der Waals surface area contributed by atoms with Crippen LogP contribution in [0.2, 0.25) is 5.02 Å². The number of carbonyl (C=O) groups is 1. The molecule has 182 valence electrons. The molecule has 1 aliphatic rings. The molecular weight excluding hydrogens is 458 g/mol. The molecule has 0 radical (unpaired) electrons. The highest BCUT2D eigenvalue weighted by atomic mass is 35.5. The van der Waals surface area contributed by atoms with E-state index >= 15 is 0 Å². The molecule has 5 N–H and O–H groups in total. The van der Waals surface area contributed by atoms with Gasteiger partial charge >= 0.3 is 5.97 Å². The Morgan fingerprint density at radius 3 is 2.65 bits per heavy atom. The number of pyridine rings is 1. The molecule has 4 rings (SSSR count). The topological polar surface area (TPSA) is 135 Å². The number of likely N-dealkylation sites (N-methyl/N-ethyl adjacent to an activating group) is 1. The molecule has 0 aliphatic heterocycles. The number of benzene rings is 1. The van der Waals surface area contributed by atoms with Crippen molar-refractivity contribution in [1.82, 2.24) is 20.3 Å². The van der Waals surface area contributed by atoms with Crippen LogP contribution in [-0.2, 0) is 4.79 Å². The Kier molecular flexibility index (Phi) is 6.86. The van der Waals surface area contributed by atoms with E-state index in [1.807, 2.05) is 33.0 Å². The first kappa shape index (κ1) is 24.1. The summed E-state index contributed by atoms with van der Waals surface area (Å²) in [6, 6.07) is 7.58. The second-order valence-electron chi connectivity index (χ2n) is 9.31. The number of halogens is 1. The summed E-state index contributed by atoms with van der Waals surface area (Å²) in [5.41, 5.74) is 8.78. The van der Waals surface area contributed by atoms with Crippen LogP contribution in [0.5, 0.6) is 11.8 Å². The number of aromatic amines is 1. The summed E-state index contributed by atoms with van der Waals surface area (Å²) < 4.78 is 12.0. The number of nitrogens with zero attached hydrogens (tertiary/aromatic N) is 2. The van der Waals surface area contributed by atoms with E-state index in [0.29, 0.717) is 71.6 Å². The number of H-pyrrole nitrogens is 1. The summed E-state index contributed by atoms with van der Waals surface area (Å²) in [5.74, 6) is -0.443. The number of nitrogens with one attached hydrogen (secondary N) is 2. The summed E-state index contributed by atoms with van der Waals surface area (Å²) in [7, 11) is 1.87. The molecule has 2 aromatic heterocycles. The van der Waals surface area contributed by atoms with Gasteiger partial charge in [-0.25, -0.2) is 4.98 Å². The van der Waals surface area contributed by atoms with Gasteiger partial charge in [0.15, 0.2) is 5.65 Å². The lowest BCUT2D eigenvalue weighted by molar-refractivity contribution is -0.143. The summed E-state index contributed by atoms with van der Waals surface area (Å²) in [5, 5.41) is 12.7. The molecule has 1 fully saturated rings. The number of anilines is 1. The van der Waals surface area contributed by atoms with E-state index in [1.165, 1.54) is 0 Å². The molecule has 0 amide bonds. The molecule has 0 atom stereocenters. The maximum absolute atomic E-state index is 11.1. The molecule has 1 aliphatic carbocycles. The van der Waals surface area contributed by atoms with Crippen LogP contribution in [0.15, 0.2) is 24.3 Å². The molecule has 0 unspecified atom stereocenters. The van der Waals surface area contributed by atoms with Crippen molar-refractivity contribution in [2.45, 2.75) is 51.2 Å². The normalized spacial score (nSPS) is 18.7. The van der Waals surface area contributed by atoms with E-state index in [4.69, 9.17) is 31.9 Å². The zero-order chi connectivity index (χ0) is 24.5. The lowest BCUT2D eigenvalue weighted by Gasteiger charge is -2.27. The number of nitrogen functional groups attached to an aromatic ring is 1. The lowest BCUT2D eigenvalue weighted by atomic mass is 9.87. The number of rotatable bonds is 8. The number of ether oxygens (including phenoxy) is 2. The Morgan fingerprint density at radius 1 is 1.26 bits per heavy atom. The minimum atomic E-state index is -0.740. The third-order valence-electron chi connectivity index (χ3n) is 5.98. The SMILES string of the molecule is CNCC(C)(C)Oc1ccc(-c2nc3nc(O[C@H]4CC[C@H](C(=O)O)CC4)[nH]c3cc2Cl)cc1N. The van der Waals surface area contributed by atoms with Crippen molar-refractivity contribution in [1.29, 1.82) is 0 Å². The summed E-state index contributed by atoms with van der Waals surface area (Å²) in [6.45, 7) is 4.64. The Labute approximate surface area is 203 Å². The maximum Gasteiger partial charge on any atom is 0.306 e. The smallest absolute Gasteiger partial charge is 0.306 e. The number of carboxylic acid groups (broad SMARTS) is 1. The molecule has 2 heterocycles. The van der Waals surface area contributed by atoms with E-state index < -0.39 is 11.6 Å². The second-order valence-corrected chi connectivity index (χ2v) is 9.71. The summed E-state index contributed by atoms with van der Waals surface area (Å²) >= 11 is 6.54. The van der Waals surface area contributed by atoms with E-state index in [1.54, 1.807) is 12.1 Å². The van der Waals surface area contributed by atoms with Crippen LogP contribution in [0.25, 0.3) is 22.4 Å². The maximum atomic E-state index is 11.1. The van der Waals surface area contributed by atoms with Crippen LogP contribution in [0, 0.1) is 5.92 Å². The number of hydrogen-bond acceptors (Lipinski definition) is 7. The largest absolute Gasteiger partial charge is 0.484 e. The average Bonchev–Trinajstić information content (AvgIpc) is 3.15. The molecule has 0 saturated heterocycles. The van der Waals surface area contributed by atoms with Gasteiger partial charge in [-0.2, -0.15) is 4.98 Å². The highest BCUT2D eigenvalue weighted by Crippen LogP contribution is 2.35. The number of fused-ring (bicyclic) bond motifs is 1. The monoisotopic (exact) mass is 487 g/mol. The Balaban J connectivity index is 1.52. The zero-order valence-electron chi connectivity index (χ0n) is 19.5. The molecule has 9 nitrogen and oxygen atoms in total. The standard InChI is InChI=1S/C24H30ClN5O4/c1-24(2,12-27-3)34-19-9-6-14(10-17(19)26)20-16(25)11-18-21(29-20)30-23(28-18)33-15-7-4-13(5-8-15)22(31)32/h6,9-11,13,15,27H,4-5,7-8,12,26H2,1-3H3,(H,31,32)(H,28,29,30)/t13-,15-. The minimum Gasteiger partial charge on any atom is -0.484 e. The number of aliphatic carboxylic acids is 1. The Hall–Kier alpha value is -3.04. The zero-order valence-corrected chi connectivity index (χ0v) is 20.3. The van der Waals surface area contributed by atoms with Gasteiger partial charge in [0.05, 0.1) is 27.8 Å². The van der Waals surface area contributed by atoms with E-state index in [9.17, 15) is 4.79 Å². The fourth-order valence-electron chi connectivity index (χ4n) is 4.29. The average molecular weight is 488 g/mol. The van der Waals surface area contributed by atoms with E-state index in [2.05, 4.69) is 20.3 Å². The molecular formula is C24H30ClN5O4. The van der Waals surface area contributed by atoms with Crippen LogP contribution in [0.4, 0.5) is 5.69 Å². The predicted molar refractivity (Wildman–Crippen MR) is 131 cm³/mol. The van der Waals surface area contributed by atoms with Crippen molar-refractivity contribution in [3.63, 3.8) is 0 Å². The van der Waals surface area contributed by atoms with Crippen molar-refractivity contribution in [2.24, 2.45) is 5.92 Å². The molecule has 1 aromatic carbocycles. The van der Waals surface area contributed by atoms with Gasteiger partial charge < -0.3 is 30.6 Å². The van der Waals surface area contributed by atoms with Gasteiger partial charge in [-0.05, 0) is 70.8 Å². The number of imidazole rings is 1. The van der Waals surface area contributed by atoms with Crippen molar-refractivity contribution in [2.75, 3.05) is 19.3 Å². The second kappa shape index (κ2) is 9.68. The number of hydrogen-bond donors (Lipinski definition) is 4. The van der Waals surface area contributed by atoms with Crippen molar-refractivity contribution in [3.05, 3.63) is 29.3 Å². The number of aromatic nitrogens is 3. The van der Waals surface area contributed by atoms with Crippen LogP contribution < -0.4 is 20.5 Å². The van der Waals surface area contributed by atoms with Crippen molar-refractivity contribution >= 4 is 34.4 Å². The van der Waals surface area contributed by atoms with Gasteiger partial charge in [-0.1, -0.05) is 11.6 Å². The first-order chi connectivity index (χ1) is 16.1. The molecule has 34 heavy (non-hydrogen) atoms. The summed E-state index contributed by atoms with van der Waals surface area (Å²) in [6.07, 6.45) is 2.47. The van der Waals surface area contributed by atoms with Crippen LogP contribution >= 0.6 is 11.6 Å². The minimum absolute atomic E-state index is 0.0781. The Bertz CT molecular complexity index is 1190. The van der Waals surface area contributed by atoms with Gasteiger partial charge in [-0.3, -0.25) is 4.79 Å². The first-order valence-electron chi connectivity index (χ1n) is 11.3. The third kappa shape index (κ3) is 5.37. The van der Waals surface area contributed by atoms with Crippen molar-refractivity contribution in [3.8, 4) is 23.0 Å². The molecule has 0 bridgehead atoms. The number of nitrogens with two attached hydrogens (primary N) is 1. The number of carboxylic acids is 1. The Morgan fingerprint density at radius 2 is 2.00 bits per heavy atom. The van der Waals surface area contributed by atoms with Gasteiger partial charge in [0.25, 0.3) is 6.01 Å². The lowest BCUT2D eigenvalue weighted by Crippen LogP contribution is -2.39. The van der Waals surface area contributed by atoms with Gasteiger partial charge in [0.1, 0.15) is 17.5 Å². The molecule has 10 heteroatoms. The predicted octanol–water partition coefficient (Wildman–Crippen LogP) is 4.26. The van der Waals surface area contributed by atoms with Gasteiger partial charge in [0, 0.05) is 12.1 Å². The van der Waals surface area contributed by atoms with E-state index in [0.717, 1.165) is 5.56 Å². The van der Waals surface area contributed by atoms with Crippen LogP contribution in [0.3, 0.4) is 0 Å². The quantitative estimate of drug-likeness (QED) is 0.346. The highest BCUT2D eigenvalue weighted by Gasteiger charge is 2.27. The van der Waals surface area contributed by atoms with Crippen LogP contribution in [-0.4, -0.2) is 51.3 Å². The van der Waals surface area contributed by atoms with Gasteiger partial charge in [-0.15, -0.1) is 0 Å². The van der Waals surface area contributed by atoms with Crippen LogP contribution in [0.1, 0.15) is 39.5 Å². The molecule has 1 saturated carbocycles. The molecule has 3 aromatic rings. The van der Waals surface area contributed by atoms with Gasteiger partial charge in [0.2, 0.25) is 0 Å². The van der Waals surface area contributed by atoms with Crippen molar-refractivity contribution < 1.29 is 19.4 Å². The third-order valence-corrected chi connectivity index (χ3v) is 6.27. The summed E-state index contributed by atoms with van der Waals surface area (Å²) in [4.78, 5) is 23.4. The first-order valence-corrected chi connectivity index (χ1v) is 11.7. The fraction of sp³-hybridized carbons (Fsp3) is 0.458. The highest BCUT2D eigenvalue weighted by molar-refractivity contribution is 6.33. The fourth-order valence-corrected chi connectivity index (χ4v) is 4.55. The van der Waals surface area contributed by atoms with E-state index in [-0.39, 0.29) is 12.0 Å².